The summed E-state index contributed by atoms with van der Waals surface area (Å²) in [6.45, 7) is 26.0. The largest absolute Gasteiger partial charge is 0.245 e. The molecular weight excluding hydrogens is 237 g/mol. The molecule has 0 spiro atoms. The monoisotopic (exact) mass is 257 g/mol. The summed E-state index contributed by atoms with van der Waals surface area (Å²) in [4.78, 5) is 0. The zero-order valence-corrected chi connectivity index (χ0v) is 10.6. The van der Waals surface area contributed by atoms with Gasteiger partial charge in [0.25, 0.3) is 0 Å². The fourth-order valence-electron chi connectivity index (χ4n) is 0. The molecule has 0 aromatic heterocycles. The summed E-state index contributed by atoms with van der Waals surface area (Å²) in [5, 5.41) is 0. The van der Waals surface area contributed by atoms with E-state index in [4.69, 9.17) is 0 Å². The molecule has 0 saturated carbocycles. The summed E-state index contributed by atoms with van der Waals surface area (Å²) < 4.78 is 0. The molecule has 0 aromatic carbocycles. The van der Waals surface area contributed by atoms with Gasteiger partial charge in [-0.25, -0.2) is 78.3 Å². The molecule has 77 valence electrons. The summed E-state index contributed by atoms with van der Waals surface area (Å²) in [6, 6.07) is 0. The summed E-state index contributed by atoms with van der Waals surface area (Å²) in [5.74, 6) is 0. The Morgan fingerprint density at radius 2 is 0.538 bits per heavy atom. The fraction of sp³-hybridized carbons (Fsp3) is 0. The van der Waals surface area contributed by atoms with Crippen LogP contribution in [0.1, 0.15) is 0 Å². The van der Waals surface area contributed by atoms with Crippen LogP contribution in [0.5, 0.6) is 0 Å². The zero-order valence-electron chi connectivity index (χ0n) is 8.41. The van der Waals surface area contributed by atoms with Crippen molar-refractivity contribution in [3.63, 3.8) is 0 Å². The molecule has 1 heteroatoms. The minimum Gasteiger partial charge on any atom is -0.245 e. The third-order valence-electron chi connectivity index (χ3n) is 0. The van der Waals surface area contributed by atoms with Crippen molar-refractivity contribution in [2.75, 3.05) is 0 Å². The standard InChI is InChI=1S/4C3H5.Nb/c4*1-3-2;/h4*3H,1-2H2;/q4*-1;. The van der Waals surface area contributed by atoms with Gasteiger partial charge in [-0.1, -0.05) is 0 Å². The van der Waals surface area contributed by atoms with Crippen molar-refractivity contribution in [3.05, 3.63) is 78.3 Å². The van der Waals surface area contributed by atoms with Crippen molar-refractivity contribution >= 4 is 0 Å². The van der Waals surface area contributed by atoms with Crippen LogP contribution in [-0.2, 0) is 22.4 Å². The molecule has 0 unspecified atom stereocenters. The second-order valence-corrected chi connectivity index (χ2v) is 1.15. The molecule has 0 fully saturated rings. The molecule has 0 amide bonds. The molecule has 0 heterocycles. The van der Waals surface area contributed by atoms with Crippen LogP contribution < -0.4 is 0 Å². The number of hydrogen-bond acceptors (Lipinski definition) is 0. The fourth-order valence-corrected chi connectivity index (χ4v) is 0. The van der Waals surface area contributed by atoms with E-state index in [0.717, 1.165) is 0 Å². The van der Waals surface area contributed by atoms with Crippen molar-refractivity contribution in [2.45, 2.75) is 0 Å². The molecule has 0 aromatic rings. The first kappa shape index (κ1) is 29.5. The average Bonchev–Trinajstić information content (AvgIpc) is 1.92. The second-order valence-electron chi connectivity index (χ2n) is 1.15. The summed E-state index contributed by atoms with van der Waals surface area (Å²) in [5.41, 5.74) is 0. The summed E-state index contributed by atoms with van der Waals surface area (Å²) in [6.07, 6.45) is 6.00. The molecule has 0 saturated heterocycles. The molecule has 0 aliphatic rings. The maximum atomic E-state index is 3.25. The number of rotatable bonds is 0. The van der Waals surface area contributed by atoms with Crippen molar-refractivity contribution in [2.24, 2.45) is 0 Å². The maximum absolute atomic E-state index is 3.25. The van der Waals surface area contributed by atoms with E-state index in [1.807, 2.05) is 0 Å². The van der Waals surface area contributed by atoms with Gasteiger partial charge < -0.3 is 0 Å². The summed E-state index contributed by atoms with van der Waals surface area (Å²) >= 11 is 0. The van der Waals surface area contributed by atoms with Crippen molar-refractivity contribution < 1.29 is 22.4 Å². The van der Waals surface area contributed by atoms with Gasteiger partial charge in [-0.2, -0.15) is 0 Å². The van der Waals surface area contributed by atoms with Gasteiger partial charge in [0.05, 0.1) is 0 Å². The minimum absolute atomic E-state index is 0. The molecule has 0 aliphatic carbocycles. The quantitative estimate of drug-likeness (QED) is 0.454. The van der Waals surface area contributed by atoms with Crippen LogP contribution in [0.3, 0.4) is 0 Å². The van der Waals surface area contributed by atoms with Gasteiger partial charge in [0.15, 0.2) is 0 Å². The maximum Gasteiger partial charge on any atom is 0 e. The Bertz CT molecular complexity index is 59.1. The first-order chi connectivity index (χ1) is 5.66. The van der Waals surface area contributed by atoms with E-state index < -0.39 is 0 Å². The van der Waals surface area contributed by atoms with Crippen molar-refractivity contribution in [3.8, 4) is 0 Å². The van der Waals surface area contributed by atoms with E-state index in [1.165, 1.54) is 24.3 Å². The van der Waals surface area contributed by atoms with Gasteiger partial charge >= 0.3 is 0 Å². The van der Waals surface area contributed by atoms with E-state index >= 15 is 0 Å². The Morgan fingerprint density at radius 3 is 0.538 bits per heavy atom. The van der Waals surface area contributed by atoms with E-state index in [0.29, 0.717) is 0 Å². The van der Waals surface area contributed by atoms with E-state index in [9.17, 15) is 0 Å². The van der Waals surface area contributed by atoms with Gasteiger partial charge in [-0.05, 0) is 0 Å². The first-order valence-electron chi connectivity index (χ1n) is 3.27. The normalized spacial score (nSPS) is 3.69. The molecule has 0 rings (SSSR count). The first-order valence-corrected chi connectivity index (χ1v) is 3.27. The molecule has 1 radical (unpaired) electrons. The molecule has 0 atom stereocenters. The van der Waals surface area contributed by atoms with Gasteiger partial charge in [0.1, 0.15) is 0 Å². The Labute approximate surface area is 101 Å². The van der Waals surface area contributed by atoms with E-state index in [1.54, 1.807) is 0 Å². The number of hydrogen-bond donors (Lipinski definition) is 0. The van der Waals surface area contributed by atoms with Crippen LogP contribution in [-0.4, -0.2) is 0 Å². The van der Waals surface area contributed by atoms with Crippen LogP contribution in [0, 0.1) is 27.7 Å². The Balaban J connectivity index is -0.0000000213. The molecule has 0 N–H and O–H groups in total. The van der Waals surface area contributed by atoms with E-state index in [2.05, 4.69) is 54.0 Å². The minimum atomic E-state index is 0. The predicted octanol–water partition coefficient (Wildman–Crippen LogP) is 4.02. The van der Waals surface area contributed by atoms with Crippen LogP contribution in [0.2, 0.25) is 0 Å². The van der Waals surface area contributed by atoms with Crippen LogP contribution >= 0.6 is 0 Å². The Kier molecular flexibility index (Phi) is 260. The topological polar surface area (TPSA) is 0 Å². The average molecular weight is 257 g/mol. The molecule has 0 aliphatic heterocycles. The summed E-state index contributed by atoms with van der Waals surface area (Å²) in [7, 11) is 0. The van der Waals surface area contributed by atoms with Gasteiger partial charge in [0.2, 0.25) is 0 Å². The Hall–Kier alpha value is -0.820. The zero-order chi connectivity index (χ0) is 10.8. The number of allylic oxidation sites excluding steroid dienone is 4. The van der Waals surface area contributed by atoms with Crippen molar-refractivity contribution in [1.82, 2.24) is 0 Å². The van der Waals surface area contributed by atoms with Crippen LogP contribution in [0.25, 0.3) is 0 Å². The molecule has 0 bridgehead atoms. The SMILES string of the molecule is C=C[CH2-].C=C[CH2-].C=C[CH2-].C=C[CH2-].[Nb]. The van der Waals surface area contributed by atoms with Gasteiger partial charge in [0, 0.05) is 22.4 Å². The van der Waals surface area contributed by atoms with Crippen molar-refractivity contribution in [1.29, 1.82) is 0 Å². The third kappa shape index (κ3) is 1400. The molecular formula is C12H20Nb-4. The smallest absolute Gasteiger partial charge is 0 e. The Morgan fingerprint density at radius 1 is 0.538 bits per heavy atom. The predicted molar refractivity (Wildman–Crippen MR) is 62.2 cm³/mol. The molecule has 13 heavy (non-hydrogen) atoms. The van der Waals surface area contributed by atoms with Gasteiger partial charge in [-0.15, -0.1) is 0 Å². The third-order valence-corrected chi connectivity index (χ3v) is 0. The van der Waals surface area contributed by atoms with Crippen LogP contribution in [0.4, 0.5) is 0 Å². The van der Waals surface area contributed by atoms with Gasteiger partial charge in [-0.3, -0.25) is 0 Å². The van der Waals surface area contributed by atoms with Crippen LogP contribution in [0.15, 0.2) is 50.6 Å². The second kappa shape index (κ2) is 115. The molecule has 0 nitrogen and oxygen atoms in total. The van der Waals surface area contributed by atoms with E-state index in [-0.39, 0.29) is 22.4 Å².